The third kappa shape index (κ3) is 4.48. The number of nitrogens with zero attached hydrogens (tertiary/aromatic N) is 2. The zero-order chi connectivity index (χ0) is 20.1. The third-order valence-electron chi connectivity index (χ3n) is 4.29. The van der Waals surface area contributed by atoms with Crippen LogP contribution in [0.3, 0.4) is 0 Å². The molecule has 1 aromatic heterocycles. The number of benzene rings is 2. The van der Waals surface area contributed by atoms with Crippen LogP contribution >= 0.6 is 11.8 Å². The molecule has 0 aliphatic rings. The first-order valence-electron chi connectivity index (χ1n) is 8.75. The number of rotatable bonds is 7. The standard InChI is InChI=1S/C21H23N3O3S/c1-14-5-10-19(27-4)17(11-14)23-20(25)13-28-21-22-12-18(24(21)2)15-6-8-16(26-3)9-7-15/h5-12H,13H2,1-4H3,(H,23,25). The molecule has 3 rings (SSSR count). The van der Waals surface area contributed by atoms with E-state index < -0.39 is 0 Å². The fraction of sp³-hybridized carbons (Fsp3) is 0.238. The van der Waals surface area contributed by atoms with Crippen molar-refractivity contribution in [1.82, 2.24) is 9.55 Å². The minimum absolute atomic E-state index is 0.108. The molecule has 1 N–H and O–H groups in total. The van der Waals surface area contributed by atoms with E-state index in [1.807, 2.05) is 67.2 Å². The maximum Gasteiger partial charge on any atom is 0.234 e. The highest BCUT2D eigenvalue weighted by molar-refractivity contribution is 7.99. The van der Waals surface area contributed by atoms with Gasteiger partial charge in [0.05, 0.1) is 37.6 Å². The summed E-state index contributed by atoms with van der Waals surface area (Å²) in [7, 11) is 5.17. The maximum atomic E-state index is 12.4. The monoisotopic (exact) mass is 397 g/mol. The molecule has 1 amide bonds. The van der Waals surface area contributed by atoms with Gasteiger partial charge in [0.1, 0.15) is 11.5 Å². The number of anilines is 1. The summed E-state index contributed by atoms with van der Waals surface area (Å²) < 4.78 is 12.5. The van der Waals surface area contributed by atoms with E-state index in [0.29, 0.717) is 11.4 Å². The summed E-state index contributed by atoms with van der Waals surface area (Å²) >= 11 is 1.39. The molecule has 0 radical (unpaired) electrons. The first-order chi connectivity index (χ1) is 13.5. The van der Waals surface area contributed by atoms with E-state index in [9.17, 15) is 4.79 Å². The van der Waals surface area contributed by atoms with Crippen LogP contribution in [0.4, 0.5) is 5.69 Å². The van der Waals surface area contributed by atoms with Gasteiger partial charge >= 0.3 is 0 Å². The quantitative estimate of drug-likeness (QED) is 0.607. The van der Waals surface area contributed by atoms with Gasteiger partial charge in [-0.1, -0.05) is 17.8 Å². The lowest BCUT2D eigenvalue weighted by atomic mass is 10.1. The van der Waals surface area contributed by atoms with Crippen LogP contribution in [0.25, 0.3) is 11.3 Å². The Balaban J connectivity index is 1.66. The Labute approximate surface area is 168 Å². The molecule has 146 valence electrons. The van der Waals surface area contributed by atoms with Crippen molar-refractivity contribution in [2.45, 2.75) is 12.1 Å². The smallest absolute Gasteiger partial charge is 0.234 e. The van der Waals surface area contributed by atoms with Gasteiger partial charge in [0.2, 0.25) is 5.91 Å². The van der Waals surface area contributed by atoms with Crippen molar-refractivity contribution in [3.8, 4) is 22.8 Å². The van der Waals surface area contributed by atoms with Crippen molar-refractivity contribution in [2.75, 3.05) is 25.3 Å². The molecular formula is C21H23N3O3S. The lowest BCUT2D eigenvalue weighted by Crippen LogP contribution is -2.15. The molecule has 0 unspecified atom stereocenters. The summed E-state index contributed by atoms with van der Waals surface area (Å²) in [6.07, 6.45) is 1.81. The molecule has 7 heteroatoms. The fourth-order valence-corrected chi connectivity index (χ4v) is 3.54. The van der Waals surface area contributed by atoms with Crippen LogP contribution in [-0.2, 0) is 11.8 Å². The van der Waals surface area contributed by atoms with Crippen LogP contribution in [0, 0.1) is 6.92 Å². The second kappa shape index (κ2) is 8.84. The molecule has 0 spiro atoms. The molecular weight excluding hydrogens is 374 g/mol. The number of aryl methyl sites for hydroxylation is 1. The van der Waals surface area contributed by atoms with E-state index in [-0.39, 0.29) is 11.7 Å². The Morgan fingerprint density at radius 1 is 1.14 bits per heavy atom. The van der Waals surface area contributed by atoms with Crippen molar-refractivity contribution < 1.29 is 14.3 Å². The predicted octanol–water partition coefficient (Wildman–Crippen LogP) is 4.14. The Morgan fingerprint density at radius 2 is 1.89 bits per heavy atom. The van der Waals surface area contributed by atoms with Crippen molar-refractivity contribution in [2.24, 2.45) is 7.05 Å². The first kappa shape index (κ1) is 19.8. The van der Waals surface area contributed by atoms with E-state index in [1.165, 1.54) is 11.8 Å². The van der Waals surface area contributed by atoms with Gasteiger partial charge in [-0.2, -0.15) is 0 Å². The largest absolute Gasteiger partial charge is 0.497 e. The molecule has 3 aromatic rings. The second-order valence-corrected chi connectivity index (χ2v) is 7.20. The average molecular weight is 398 g/mol. The molecule has 1 heterocycles. The number of thioether (sulfide) groups is 1. The number of carbonyl (C=O) groups excluding carboxylic acids is 1. The van der Waals surface area contributed by atoms with E-state index in [0.717, 1.165) is 27.7 Å². The van der Waals surface area contributed by atoms with E-state index >= 15 is 0 Å². The normalized spacial score (nSPS) is 10.6. The molecule has 0 aliphatic carbocycles. The van der Waals surface area contributed by atoms with Crippen molar-refractivity contribution in [3.05, 3.63) is 54.2 Å². The van der Waals surface area contributed by atoms with Gasteiger partial charge < -0.3 is 19.4 Å². The molecule has 6 nitrogen and oxygen atoms in total. The molecule has 0 saturated carbocycles. The number of methoxy groups -OCH3 is 2. The number of hydrogen-bond acceptors (Lipinski definition) is 5. The van der Waals surface area contributed by atoms with Gasteiger partial charge in [-0.3, -0.25) is 4.79 Å². The Kier molecular flexibility index (Phi) is 6.26. The molecule has 0 atom stereocenters. The number of ether oxygens (including phenoxy) is 2. The number of aromatic nitrogens is 2. The zero-order valence-corrected chi connectivity index (χ0v) is 17.2. The highest BCUT2D eigenvalue weighted by atomic mass is 32.2. The van der Waals surface area contributed by atoms with Gasteiger partial charge in [0.25, 0.3) is 0 Å². The summed E-state index contributed by atoms with van der Waals surface area (Å²) in [5.41, 5.74) is 3.74. The van der Waals surface area contributed by atoms with E-state index in [1.54, 1.807) is 14.2 Å². The third-order valence-corrected chi connectivity index (χ3v) is 5.34. The molecule has 2 aromatic carbocycles. The summed E-state index contributed by atoms with van der Waals surface area (Å²) in [6, 6.07) is 13.5. The van der Waals surface area contributed by atoms with Crippen LogP contribution < -0.4 is 14.8 Å². The number of nitrogens with one attached hydrogen (secondary N) is 1. The summed E-state index contributed by atoms with van der Waals surface area (Å²) in [6.45, 7) is 1.97. The van der Waals surface area contributed by atoms with Crippen LogP contribution in [0.2, 0.25) is 0 Å². The van der Waals surface area contributed by atoms with Crippen LogP contribution in [0.5, 0.6) is 11.5 Å². The Hall–Kier alpha value is -2.93. The van der Waals surface area contributed by atoms with Crippen LogP contribution in [0.1, 0.15) is 5.56 Å². The number of imidazole rings is 1. The average Bonchev–Trinajstić information content (AvgIpc) is 3.07. The Bertz CT molecular complexity index is 968. The molecule has 28 heavy (non-hydrogen) atoms. The maximum absolute atomic E-state index is 12.4. The minimum atomic E-state index is -0.108. The van der Waals surface area contributed by atoms with Crippen LogP contribution in [-0.4, -0.2) is 35.4 Å². The summed E-state index contributed by atoms with van der Waals surface area (Å²) in [5.74, 6) is 1.60. The first-order valence-corrected chi connectivity index (χ1v) is 9.74. The molecule has 0 saturated heterocycles. The lowest BCUT2D eigenvalue weighted by molar-refractivity contribution is -0.113. The minimum Gasteiger partial charge on any atom is -0.497 e. The highest BCUT2D eigenvalue weighted by Crippen LogP contribution is 2.28. The second-order valence-electron chi connectivity index (χ2n) is 6.25. The summed E-state index contributed by atoms with van der Waals surface area (Å²) in [4.78, 5) is 16.8. The van der Waals surface area contributed by atoms with Crippen LogP contribution in [0.15, 0.2) is 53.8 Å². The van der Waals surface area contributed by atoms with E-state index in [4.69, 9.17) is 9.47 Å². The molecule has 0 fully saturated rings. The number of amides is 1. The topological polar surface area (TPSA) is 65.4 Å². The van der Waals surface area contributed by atoms with Gasteiger partial charge in [-0.05, 0) is 48.9 Å². The highest BCUT2D eigenvalue weighted by Gasteiger charge is 2.13. The number of carbonyl (C=O) groups is 1. The van der Waals surface area contributed by atoms with Gasteiger partial charge in [-0.15, -0.1) is 0 Å². The zero-order valence-electron chi connectivity index (χ0n) is 16.4. The van der Waals surface area contributed by atoms with Gasteiger partial charge in [-0.25, -0.2) is 4.98 Å². The van der Waals surface area contributed by atoms with Crippen molar-refractivity contribution in [3.63, 3.8) is 0 Å². The summed E-state index contributed by atoms with van der Waals surface area (Å²) in [5, 5.41) is 3.68. The van der Waals surface area contributed by atoms with Crippen molar-refractivity contribution in [1.29, 1.82) is 0 Å². The number of hydrogen-bond donors (Lipinski definition) is 1. The fourth-order valence-electron chi connectivity index (χ4n) is 2.79. The Morgan fingerprint density at radius 3 is 2.57 bits per heavy atom. The predicted molar refractivity (Wildman–Crippen MR) is 112 cm³/mol. The lowest BCUT2D eigenvalue weighted by Gasteiger charge is -2.11. The van der Waals surface area contributed by atoms with Gasteiger partial charge in [0, 0.05) is 12.6 Å². The molecule has 0 bridgehead atoms. The van der Waals surface area contributed by atoms with Gasteiger partial charge in [0.15, 0.2) is 5.16 Å². The SMILES string of the molecule is COc1ccc(-c2cnc(SCC(=O)Nc3cc(C)ccc3OC)n2C)cc1. The molecule has 0 aliphatic heterocycles. The van der Waals surface area contributed by atoms with Crippen molar-refractivity contribution >= 4 is 23.4 Å². The van der Waals surface area contributed by atoms with E-state index in [2.05, 4.69) is 10.3 Å².